The molecule has 2 N–H and O–H groups in total. The molecule has 5 rings (SSSR count). The third-order valence-corrected chi connectivity index (χ3v) is 5.76. The highest BCUT2D eigenvalue weighted by atomic mass is 19.1. The van der Waals surface area contributed by atoms with E-state index in [2.05, 4.69) is 22.8 Å². The summed E-state index contributed by atoms with van der Waals surface area (Å²) in [6.45, 7) is 2.04. The smallest absolute Gasteiger partial charge is 0.142 e. The molecular weight excluding hydrogens is 355 g/mol. The van der Waals surface area contributed by atoms with Gasteiger partial charge in [-0.15, -0.1) is 0 Å². The Morgan fingerprint density at radius 3 is 2.79 bits per heavy atom. The lowest BCUT2D eigenvalue weighted by Gasteiger charge is -2.17. The number of hydrogen-bond acceptors (Lipinski definition) is 4. The Morgan fingerprint density at radius 2 is 2.04 bits per heavy atom. The average Bonchev–Trinajstić information content (AvgIpc) is 3.48. The second-order valence-corrected chi connectivity index (χ2v) is 8.06. The number of anilines is 2. The number of aldehydes is 1. The van der Waals surface area contributed by atoms with Crippen LogP contribution in [0.2, 0.25) is 0 Å². The van der Waals surface area contributed by atoms with Gasteiger partial charge in [-0.05, 0) is 56.0 Å². The van der Waals surface area contributed by atoms with Crippen molar-refractivity contribution in [2.75, 3.05) is 10.6 Å². The van der Waals surface area contributed by atoms with E-state index in [1.54, 1.807) is 6.07 Å². The van der Waals surface area contributed by atoms with Gasteiger partial charge in [-0.3, -0.25) is 4.68 Å². The zero-order valence-electron chi connectivity index (χ0n) is 16.0. The monoisotopic (exact) mass is 378 g/mol. The van der Waals surface area contributed by atoms with Crippen LogP contribution in [0.5, 0.6) is 0 Å². The number of fused-ring (bicyclic) bond motifs is 2. The summed E-state index contributed by atoms with van der Waals surface area (Å²) < 4.78 is 16.4. The average molecular weight is 378 g/mol. The van der Waals surface area contributed by atoms with Gasteiger partial charge < -0.3 is 15.4 Å². The van der Waals surface area contributed by atoms with Crippen LogP contribution >= 0.6 is 0 Å². The lowest BCUT2D eigenvalue weighted by molar-refractivity contribution is -0.108. The van der Waals surface area contributed by atoms with E-state index in [0.717, 1.165) is 39.7 Å². The highest BCUT2D eigenvalue weighted by molar-refractivity contribution is 5.94. The van der Waals surface area contributed by atoms with E-state index in [1.807, 2.05) is 24.7 Å². The van der Waals surface area contributed by atoms with Crippen molar-refractivity contribution in [3.63, 3.8) is 0 Å². The van der Waals surface area contributed by atoms with Gasteiger partial charge in [0.1, 0.15) is 12.1 Å². The van der Waals surface area contributed by atoms with E-state index in [4.69, 9.17) is 5.10 Å². The first kappa shape index (κ1) is 17.2. The topological polar surface area (TPSA) is 59.0 Å². The maximum atomic E-state index is 14.5. The van der Waals surface area contributed by atoms with Crippen molar-refractivity contribution in [2.45, 2.75) is 44.2 Å². The summed E-state index contributed by atoms with van der Waals surface area (Å²) in [6.07, 6.45) is 3.90. The van der Waals surface area contributed by atoms with E-state index in [1.165, 1.54) is 18.9 Å². The second-order valence-electron chi connectivity index (χ2n) is 8.06. The zero-order valence-corrected chi connectivity index (χ0v) is 16.0. The lowest BCUT2D eigenvalue weighted by Crippen LogP contribution is -2.25. The molecule has 1 aliphatic heterocycles. The molecule has 0 saturated heterocycles. The van der Waals surface area contributed by atoms with Gasteiger partial charge in [-0.2, -0.15) is 5.10 Å². The molecule has 1 unspecified atom stereocenters. The number of hydrogen-bond donors (Lipinski definition) is 2. The maximum absolute atomic E-state index is 14.5. The number of aryl methyl sites for hydroxylation is 1. The Labute approximate surface area is 162 Å². The number of benzene rings is 2. The number of aromatic nitrogens is 2. The maximum Gasteiger partial charge on any atom is 0.142 e. The molecule has 5 nitrogen and oxygen atoms in total. The van der Waals surface area contributed by atoms with Gasteiger partial charge >= 0.3 is 0 Å². The first-order valence-electron chi connectivity index (χ1n) is 9.82. The molecule has 1 saturated carbocycles. The number of halogens is 1. The van der Waals surface area contributed by atoms with Gasteiger partial charge in [0.05, 0.1) is 28.6 Å². The van der Waals surface area contributed by atoms with Gasteiger partial charge in [-0.1, -0.05) is 6.07 Å². The van der Waals surface area contributed by atoms with Gasteiger partial charge in [0.15, 0.2) is 0 Å². The Morgan fingerprint density at radius 1 is 1.21 bits per heavy atom. The highest BCUT2D eigenvalue weighted by Crippen LogP contribution is 2.44. The van der Waals surface area contributed by atoms with E-state index in [0.29, 0.717) is 18.0 Å². The van der Waals surface area contributed by atoms with Gasteiger partial charge in [0.25, 0.3) is 0 Å². The molecule has 0 amide bonds. The second kappa shape index (κ2) is 6.33. The predicted molar refractivity (Wildman–Crippen MR) is 109 cm³/mol. The van der Waals surface area contributed by atoms with Crippen molar-refractivity contribution >= 4 is 28.6 Å². The highest BCUT2D eigenvalue weighted by Gasteiger charge is 2.29. The number of carbonyl (C=O) groups excluding carboxylic acids is 1. The Balaban J connectivity index is 1.68. The predicted octanol–water partition coefficient (Wildman–Crippen LogP) is 4.44. The minimum Gasteiger partial charge on any atom is -0.380 e. The third-order valence-electron chi connectivity index (χ3n) is 5.76. The Kier molecular flexibility index (Phi) is 3.89. The molecule has 6 heteroatoms. The number of carbonyl (C=O) groups is 1. The molecule has 2 heterocycles. The summed E-state index contributed by atoms with van der Waals surface area (Å²) >= 11 is 0. The fourth-order valence-electron chi connectivity index (χ4n) is 4.26. The first-order chi connectivity index (χ1) is 13.5. The zero-order chi connectivity index (χ0) is 19.4. The fraction of sp³-hybridized carbons (Fsp3) is 0.364. The summed E-state index contributed by atoms with van der Waals surface area (Å²) in [5.74, 6) is 0.215. The normalized spacial score (nSPS) is 21.5. The van der Waals surface area contributed by atoms with Crippen LogP contribution in [-0.2, 0) is 11.8 Å². The molecule has 2 aromatic carbocycles. The molecule has 144 valence electrons. The summed E-state index contributed by atoms with van der Waals surface area (Å²) in [5.41, 5.74) is 5.45. The summed E-state index contributed by atoms with van der Waals surface area (Å²) in [5, 5.41) is 12.5. The van der Waals surface area contributed by atoms with Crippen molar-refractivity contribution in [3.8, 4) is 11.1 Å². The fourth-order valence-corrected chi connectivity index (χ4v) is 4.26. The van der Waals surface area contributed by atoms with Crippen molar-refractivity contribution < 1.29 is 9.18 Å². The molecule has 1 fully saturated rings. The number of nitrogens with one attached hydrogen (secondary N) is 2. The third kappa shape index (κ3) is 2.84. The molecule has 28 heavy (non-hydrogen) atoms. The summed E-state index contributed by atoms with van der Waals surface area (Å²) in [6, 6.07) is 8.98. The number of nitrogens with zero attached hydrogens (tertiary/aromatic N) is 2. The van der Waals surface area contributed by atoms with Crippen molar-refractivity contribution in [2.24, 2.45) is 7.05 Å². The van der Waals surface area contributed by atoms with Crippen molar-refractivity contribution in [1.82, 2.24) is 9.78 Å². The SMILES string of the molecule is C[C@@H]1CC(C=O)Nc2cc(F)cc(-c3ccc4c(c3)c(C3CC3)nn4C)c2N1. The van der Waals surface area contributed by atoms with E-state index in [-0.39, 0.29) is 17.9 Å². The molecule has 0 bridgehead atoms. The minimum atomic E-state index is -0.333. The quantitative estimate of drug-likeness (QED) is 0.662. The van der Waals surface area contributed by atoms with Crippen LogP contribution in [0.3, 0.4) is 0 Å². The Bertz CT molecular complexity index is 1090. The van der Waals surface area contributed by atoms with Crippen molar-refractivity contribution in [1.29, 1.82) is 0 Å². The summed E-state index contributed by atoms with van der Waals surface area (Å²) in [4.78, 5) is 11.4. The van der Waals surface area contributed by atoms with Gasteiger partial charge in [0.2, 0.25) is 0 Å². The van der Waals surface area contributed by atoms with Gasteiger partial charge in [0, 0.05) is 30.0 Å². The van der Waals surface area contributed by atoms with E-state index in [9.17, 15) is 9.18 Å². The van der Waals surface area contributed by atoms with Crippen LogP contribution in [0.4, 0.5) is 15.8 Å². The van der Waals surface area contributed by atoms with Gasteiger partial charge in [-0.25, -0.2) is 4.39 Å². The Hall–Kier alpha value is -2.89. The lowest BCUT2D eigenvalue weighted by atomic mass is 9.99. The first-order valence-corrected chi connectivity index (χ1v) is 9.82. The molecule has 0 radical (unpaired) electrons. The molecule has 2 aliphatic rings. The molecular formula is C22H23FN4O. The minimum absolute atomic E-state index is 0.0947. The molecule has 3 aromatic rings. The van der Waals surface area contributed by atoms with Crippen LogP contribution < -0.4 is 10.6 Å². The summed E-state index contributed by atoms with van der Waals surface area (Å²) in [7, 11) is 1.97. The standard InChI is InChI=1S/C22H23FN4O/c1-12-7-16(11-28)25-19-10-15(23)9-17(22(19)24-12)14-5-6-20-18(8-14)21(13-3-4-13)26-27(20)2/h5-6,8-13,16,24-25H,3-4,7H2,1-2H3/t12-,16?/m1/s1. The largest absolute Gasteiger partial charge is 0.380 e. The molecule has 1 aromatic heterocycles. The van der Waals surface area contributed by atoms with Crippen LogP contribution in [0, 0.1) is 5.82 Å². The molecule has 2 atom stereocenters. The number of rotatable bonds is 3. The van der Waals surface area contributed by atoms with E-state index < -0.39 is 0 Å². The van der Waals surface area contributed by atoms with Crippen LogP contribution in [0.25, 0.3) is 22.0 Å². The van der Waals surface area contributed by atoms with Crippen LogP contribution in [-0.4, -0.2) is 28.2 Å². The molecule has 0 spiro atoms. The molecule has 1 aliphatic carbocycles. The van der Waals surface area contributed by atoms with Crippen LogP contribution in [0.1, 0.15) is 37.8 Å². The van der Waals surface area contributed by atoms with E-state index >= 15 is 0 Å². The van der Waals surface area contributed by atoms with Crippen LogP contribution in [0.15, 0.2) is 30.3 Å². The van der Waals surface area contributed by atoms with Crippen molar-refractivity contribution in [3.05, 3.63) is 41.8 Å².